The summed E-state index contributed by atoms with van der Waals surface area (Å²) in [4.78, 5) is 10.7. The molecule has 0 aliphatic rings. The van der Waals surface area contributed by atoms with Crippen LogP contribution < -0.4 is 9.47 Å². The van der Waals surface area contributed by atoms with Gasteiger partial charge in [0.2, 0.25) is 0 Å². The Bertz CT molecular complexity index is 417. The maximum absolute atomic E-state index is 13.6. The number of methoxy groups -OCH3 is 2. The van der Waals surface area contributed by atoms with E-state index in [1.807, 2.05) is 0 Å². The molecule has 0 heterocycles. The van der Waals surface area contributed by atoms with E-state index in [-0.39, 0.29) is 12.2 Å². The predicted molar refractivity (Wildman–Crippen MR) is 60.0 cm³/mol. The molecule has 0 fully saturated rings. The molecule has 1 aromatic carbocycles. The van der Waals surface area contributed by atoms with Crippen molar-refractivity contribution in [3.8, 4) is 11.5 Å². The van der Waals surface area contributed by atoms with E-state index in [1.54, 1.807) is 0 Å². The number of carboxylic acid groups (broad SMARTS) is 1. The molecule has 0 amide bonds. The first-order valence-electron chi connectivity index (χ1n) is 5.12. The van der Waals surface area contributed by atoms with Gasteiger partial charge in [-0.25, -0.2) is 4.39 Å². The summed E-state index contributed by atoms with van der Waals surface area (Å²) in [6.07, 6.45) is 0.113. The Morgan fingerprint density at radius 3 is 2.35 bits per heavy atom. The summed E-state index contributed by atoms with van der Waals surface area (Å²) in [5, 5.41) is 8.78. The number of aliphatic carboxylic acids is 1. The number of ether oxygens (including phenoxy) is 2. The van der Waals surface area contributed by atoms with Crippen LogP contribution in [-0.2, 0) is 11.2 Å². The number of rotatable bonds is 5. The highest BCUT2D eigenvalue weighted by atomic mass is 19.1. The van der Waals surface area contributed by atoms with Gasteiger partial charge in [0.05, 0.1) is 20.1 Å². The van der Waals surface area contributed by atoms with Gasteiger partial charge in [-0.1, -0.05) is 6.92 Å². The van der Waals surface area contributed by atoms with Crippen molar-refractivity contribution in [2.45, 2.75) is 13.3 Å². The molecule has 17 heavy (non-hydrogen) atoms. The summed E-state index contributed by atoms with van der Waals surface area (Å²) >= 11 is 0. The van der Waals surface area contributed by atoms with Gasteiger partial charge in [-0.3, -0.25) is 4.79 Å². The predicted octanol–water partition coefficient (Wildman–Crippen LogP) is 2.11. The van der Waals surface area contributed by atoms with Gasteiger partial charge in [-0.05, 0) is 18.1 Å². The van der Waals surface area contributed by atoms with Crippen LogP contribution in [0.2, 0.25) is 0 Å². The maximum Gasteiger partial charge on any atom is 0.306 e. The van der Waals surface area contributed by atoms with Crippen LogP contribution in [0.25, 0.3) is 0 Å². The van der Waals surface area contributed by atoms with Crippen molar-refractivity contribution in [1.29, 1.82) is 0 Å². The van der Waals surface area contributed by atoms with Crippen molar-refractivity contribution in [1.82, 2.24) is 0 Å². The first kappa shape index (κ1) is 13.3. The summed E-state index contributed by atoms with van der Waals surface area (Å²) in [5.74, 6) is -1.42. The standard InChI is InChI=1S/C12H15FO4/c1-7(12(14)15)4-8-5-10(16-2)11(17-3)6-9(8)13/h5-7H,4H2,1-3H3,(H,14,15)/t7-/m1/s1. The van der Waals surface area contributed by atoms with Gasteiger partial charge in [0, 0.05) is 6.07 Å². The Kier molecular flexibility index (Phi) is 4.31. The molecular weight excluding hydrogens is 227 g/mol. The summed E-state index contributed by atoms with van der Waals surface area (Å²) in [7, 11) is 2.86. The summed E-state index contributed by atoms with van der Waals surface area (Å²) in [6.45, 7) is 1.53. The number of halogens is 1. The number of hydrogen-bond acceptors (Lipinski definition) is 3. The second-order valence-electron chi connectivity index (χ2n) is 3.74. The second kappa shape index (κ2) is 5.52. The molecule has 5 heteroatoms. The fourth-order valence-corrected chi connectivity index (χ4v) is 1.47. The lowest BCUT2D eigenvalue weighted by Crippen LogP contribution is -2.13. The van der Waals surface area contributed by atoms with Crippen LogP contribution in [0.4, 0.5) is 4.39 Å². The lowest BCUT2D eigenvalue weighted by atomic mass is 10.0. The second-order valence-corrected chi connectivity index (χ2v) is 3.74. The quantitative estimate of drug-likeness (QED) is 0.859. The zero-order valence-electron chi connectivity index (χ0n) is 9.99. The van der Waals surface area contributed by atoms with Gasteiger partial charge in [-0.15, -0.1) is 0 Å². The largest absolute Gasteiger partial charge is 0.493 e. The minimum Gasteiger partial charge on any atom is -0.493 e. The number of carbonyl (C=O) groups is 1. The zero-order chi connectivity index (χ0) is 13.0. The summed E-state index contributed by atoms with van der Waals surface area (Å²) in [5.41, 5.74) is 0.303. The Labute approximate surface area is 99.0 Å². The van der Waals surface area contributed by atoms with Crippen LogP contribution in [0, 0.1) is 11.7 Å². The van der Waals surface area contributed by atoms with Crippen LogP contribution >= 0.6 is 0 Å². The fraction of sp³-hybridized carbons (Fsp3) is 0.417. The molecule has 1 aromatic rings. The number of benzene rings is 1. The van der Waals surface area contributed by atoms with E-state index >= 15 is 0 Å². The maximum atomic E-state index is 13.6. The molecule has 0 saturated carbocycles. The van der Waals surface area contributed by atoms with E-state index < -0.39 is 17.7 Å². The van der Waals surface area contributed by atoms with Gasteiger partial charge in [0.25, 0.3) is 0 Å². The van der Waals surface area contributed by atoms with Crippen molar-refractivity contribution in [2.75, 3.05) is 14.2 Å². The highest BCUT2D eigenvalue weighted by Crippen LogP contribution is 2.30. The van der Waals surface area contributed by atoms with Crippen LogP contribution in [0.3, 0.4) is 0 Å². The Hall–Kier alpha value is -1.78. The molecule has 0 bridgehead atoms. The molecule has 0 spiro atoms. The molecule has 0 unspecified atom stereocenters. The Morgan fingerprint density at radius 1 is 1.35 bits per heavy atom. The van der Waals surface area contributed by atoms with Crippen molar-refractivity contribution in [3.63, 3.8) is 0 Å². The van der Waals surface area contributed by atoms with Crippen molar-refractivity contribution in [2.24, 2.45) is 5.92 Å². The molecule has 0 radical (unpaired) electrons. The summed E-state index contributed by atoms with van der Waals surface area (Å²) < 4.78 is 23.6. The van der Waals surface area contributed by atoms with Crippen molar-refractivity contribution in [3.05, 3.63) is 23.5 Å². The Balaban J connectivity index is 3.04. The smallest absolute Gasteiger partial charge is 0.306 e. The van der Waals surface area contributed by atoms with Gasteiger partial charge >= 0.3 is 5.97 Å². The Morgan fingerprint density at radius 2 is 1.88 bits per heavy atom. The SMILES string of the molecule is COc1cc(F)c(C[C@@H](C)C(=O)O)cc1OC. The van der Waals surface area contributed by atoms with E-state index in [0.29, 0.717) is 11.3 Å². The van der Waals surface area contributed by atoms with E-state index in [4.69, 9.17) is 14.6 Å². The average molecular weight is 242 g/mol. The van der Waals surface area contributed by atoms with E-state index in [2.05, 4.69) is 0 Å². The van der Waals surface area contributed by atoms with Crippen molar-refractivity contribution < 1.29 is 23.8 Å². The first-order valence-corrected chi connectivity index (χ1v) is 5.12. The highest BCUT2D eigenvalue weighted by Gasteiger charge is 2.17. The van der Waals surface area contributed by atoms with Crippen LogP contribution in [0.15, 0.2) is 12.1 Å². The third-order valence-corrected chi connectivity index (χ3v) is 2.50. The summed E-state index contributed by atoms with van der Waals surface area (Å²) in [6, 6.07) is 2.66. The van der Waals surface area contributed by atoms with Gasteiger partial charge < -0.3 is 14.6 Å². The van der Waals surface area contributed by atoms with Crippen LogP contribution in [-0.4, -0.2) is 25.3 Å². The lowest BCUT2D eigenvalue weighted by Gasteiger charge is -2.12. The third-order valence-electron chi connectivity index (χ3n) is 2.50. The monoisotopic (exact) mass is 242 g/mol. The van der Waals surface area contributed by atoms with Crippen molar-refractivity contribution >= 4 is 5.97 Å². The number of hydrogen-bond donors (Lipinski definition) is 1. The van der Waals surface area contributed by atoms with Gasteiger partial charge in [0.1, 0.15) is 5.82 Å². The third kappa shape index (κ3) is 3.09. The van der Waals surface area contributed by atoms with Crippen LogP contribution in [0.1, 0.15) is 12.5 Å². The molecule has 0 aliphatic carbocycles. The van der Waals surface area contributed by atoms with Gasteiger partial charge in [0.15, 0.2) is 11.5 Å². The van der Waals surface area contributed by atoms with E-state index in [0.717, 1.165) is 0 Å². The highest BCUT2D eigenvalue weighted by molar-refractivity contribution is 5.70. The topological polar surface area (TPSA) is 55.8 Å². The molecule has 0 saturated heterocycles. The van der Waals surface area contributed by atoms with E-state index in [1.165, 1.54) is 33.3 Å². The molecule has 1 rings (SSSR count). The minimum absolute atomic E-state index is 0.113. The molecule has 0 aliphatic heterocycles. The fourth-order valence-electron chi connectivity index (χ4n) is 1.47. The minimum atomic E-state index is -0.959. The molecule has 4 nitrogen and oxygen atoms in total. The normalized spacial score (nSPS) is 12.0. The average Bonchev–Trinajstić information content (AvgIpc) is 2.30. The first-order chi connectivity index (χ1) is 7.99. The van der Waals surface area contributed by atoms with Crippen LogP contribution in [0.5, 0.6) is 11.5 Å². The number of carboxylic acids is 1. The molecule has 1 atom stereocenters. The van der Waals surface area contributed by atoms with E-state index in [9.17, 15) is 9.18 Å². The lowest BCUT2D eigenvalue weighted by molar-refractivity contribution is -0.141. The van der Waals surface area contributed by atoms with Gasteiger partial charge in [-0.2, -0.15) is 0 Å². The molecule has 1 N–H and O–H groups in total. The molecule has 94 valence electrons. The molecule has 0 aromatic heterocycles. The molecular formula is C12H15FO4. The zero-order valence-corrected chi connectivity index (χ0v) is 9.99.